The molecule has 0 aromatic rings. The molecule has 0 fully saturated rings. The fourth-order valence-corrected chi connectivity index (χ4v) is 0. The second kappa shape index (κ2) is 8.89. The van der Waals surface area contributed by atoms with Crippen LogP contribution in [-0.4, -0.2) is 10.7 Å². The summed E-state index contributed by atoms with van der Waals surface area (Å²) in [6.07, 6.45) is 0. The van der Waals surface area contributed by atoms with Crippen molar-refractivity contribution in [3.63, 3.8) is 0 Å². The van der Waals surface area contributed by atoms with Gasteiger partial charge in [-0.05, 0) is 6.92 Å². The summed E-state index contributed by atoms with van der Waals surface area (Å²) < 4.78 is 0. The Morgan fingerprint density at radius 1 is 1.67 bits per heavy atom. The minimum absolute atomic E-state index is 0.694. The summed E-state index contributed by atoms with van der Waals surface area (Å²) >= 11 is 4.83. The standard InChI is InChI=1S/C2H5ClO.C2H4/c1-2(3)4;1-2/h2,4H,1H3;1-2H2. The fraction of sp³-hybridized carbons (Fsp3) is 0.500. The molecule has 0 rings (SSSR count). The number of hydrogen-bond acceptors (Lipinski definition) is 1. The van der Waals surface area contributed by atoms with Crippen molar-refractivity contribution in [2.24, 2.45) is 0 Å². The molecule has 0 aliphatic rings. The topological polar surface area (TPSA) is 20.2 Å². The smallest absolute Gasteiger partial charge is 0.125 e. The number of halogens is 1. The van der Waals surface area contributed by atoms with E-state index in [4.69, 9.17) is 16.7 Å². The van der Waals surface area contributed by atoms with Crippen LogP contribution >= 0.6 is 11.6 Å². The fourth-order valence-electron chi connectivity index (χ4n) is 0. The van der Waals surface area contributed by atoms with Gasteiger partial charge in [0, 0.05) is 0 Å². The van der Waals surface area contributed by atoms with Crippen LogP contribution < -0.4 is 0 Å². The van der Waals surface area contributed by atoms with E-state index in [0.717, 1.165) is 0 Å². The largest absolute Gasteiger partial charge is 0.378 e. The van der Waals surface area contributed by atoms with Crippen LogP contribution in [0.5, 0.6) is 0 Å². The lowest BCUT2D eigenvalue weighted by Gasteiger charge is -1.77. The van der Waals surface area contributed by atoms with E-state index in [-0.39, 0.29) is 0 Å². The second-order valence-electron chi connectivity index (χ2n) is 0.574. The normalized spacial score (nSPS) is 11.2. The summed E-state index contributed by atoms with van der Waals surface area (Å²) in [6, 6.07) is 0. The zero-order chi connectivity index (χ0) is 5.58. The highest BCUT2D eigenvalue weighted by molar-refractivity contribution is 6.19. The number of aliphatic hydroxyl groups excluding tert-OH is 1. The first-order valence-corrected chi connectivity index (χ1v) is 1.99. The molecule has 0 aromatic heterocycles. The Morgan fingerprint density at radius 3 is 1.67 bits per heavy atom. The molecule has 0 heterocycles. The average Bonchev–Trinajstić information content (AvgIpc) is 1.41. The zero-order valence-corrected chi connectivity index (χ0v) is 4.57. The van der Waals surface area contributed by atoms with Gasteiger partial charge in [-0.3, -0.25) is 0 Å². The van der Waals surface area contributed by atoms with Gasteiger partial charge >= 0.3 is 0 Å². The van der Waals surface area contributed by atoms with Gasteiger partial charge in [-0.25, -0.2) is 0 Å². The van der Waals surface area contributed by atoms with Crippen molar-refractivity contribution < 1.29 is 5.11 Å². The molecule has 38 valence electrons. The molecular formula is C4H9ClO. The third-order valence-electron chi connectivity index (χ3n) is 0. The maximum absolute atomic E-state index is 7.82. The lowest BCUT2D eigenvalue weighted by molar-refractivity contribution is 0.277. The summed E-state index contributed by atoms with van der Waals surface area (Å²) in [5.74, 6) is 0. The lowest BCUT2D eigenvalue weighted by atomic mass is 10.9. The zero-order valence-electron chi connectivity index (χ0n) is 3.82. The Morgan fingerprint density at radius 2 is 1.67 bits per heavy atom. The van der Waals surface area contributed by atoms with Crippen LogP contribution in [0.1, 0.15) is 6.92 Å². The van der Waals surface area contributed by atoms with Gasteiger partial charge in [-0.2, -0.15) is 0 Å². The molecule has 2 heteroatoms. The molecule has 1 N–H and O–H groups in total. The van der Waals surface area contributed by atoms with Crippen LogP contribution in [0.3, 0.4) is 0 Å². The molecule has 0 spiro atoms. The van der Waals surface area contributed by atoms with E-state index in [1.54, 1.807) is 0 Å². The van der Waals surface area contributed by atoms with Crippen LogP contribution in [0.15, 0.2) is 13.2 Å². The maximum Gasteiger partial charge on any atom is 0.125 e. The Kier molecular flexibility index (Phi) is 13.9. The number of hydrogen-bond donors (Lipinski definition) is 1. The Bertz CT molecular complexity index is 18.8. The summed E-state index contributed by atoms with van der Waals surface area (Å²) in [4.78, 5) is 0. The van der Waals surface area contributed by atoms with Gasteiger partial charge in [0.25, 0.3) is 0 Å². The van der Waals surface area contributed by atoms with Crippen molar-refractivity contribution >= 4 is 11.6 Å². The van der Waals surface area contributed by atoms with Gasteiger partial charge in [0.1, 0.15) is 5.56 Å². The highest BCUT2D eigenvalue weighted by Crippen LogP contribution is 1.79. The predicted molar refractivity (Wildman–Crippen MR) is 28.8 cm³/mol. The lowest BCUT2D eigenvalue weighted by Crippen LogP contribution is -1.79. The van der Waals surface area contributed by atoms with E-state index < -0.39 is 5.56 Å². The number of aliphatic hydroxyl groups is 1. The molecule has 0 amide bonds. The molecule has 6 heavy (non-hydrogen) atoms. The molecule has 0 saturated carbocycles. The monoisotopic (exact) mass is 108 g/mol. The van der Waals surface area contributed by atoms with Crippen molar-refractivity contribution in [2.45, 2.75) is 12.5 Å². The third-order valence-corrected chi connectivity index (χ3v) is 0. The number of rotatable bonds is 0. The Balaban J connectivity index is 0. The van der Waals surface area contributed by atoms with E-state index in [2.05, 4.69) is 13.2 Å². The van der Waals surface area contributed by atoms with Gasteiger partial charge in [0.2, 0.25) is 0 Å². The van der Waals surface area contributed by atoms with Gasteiger partial charge in [0.15, 0.2) is 0 Å². The SMILES string of the molecule is C=C.CC(O)Cl. The van der Waals surface area contributed by atoms with Crippen LogP contribution in [0, 0.1) is 0 Å². The van der Waals surface area contributed by atoms with Gasteiger partial charge in [-0.1, -0.05) is 11.6 Å². The van der Waals surface area contributed by atoms with Gasteiger partial charge < -0.3 is 5.11 Å². The maximum atomic E-state index is 7.82. The highest BCUT2D eigenvalue weighted by atomic mass is 35.5. The van der Waals surface area contributed by atoms with E-state index in [1.165, 1.54) is 6.92 Å². The van der Waals surface area contributed by atoms with Crippen molar-refractivity contribution in [3.05, 3.63) is 13.2 Å². The second-order valence-corrected chi connectivity index (χ2v) is 1.21. The van der Waals surface area contributed by atoms with E-state index >= 15 is 0 Å². The molecule has 0 aliphatic heterocycles. The van der Waals surface area contributed by atoms with Crippen LogP contribution in [-0.2, 0) is 0 Å². The summed E-state index contributed by atoms with van der Waals surface area (Å²) in [5, 5.41) is 7.82. The summed E-state index contributed by atoms with van der Waals surface area (Å²) in [7, 11) is 0. The summed E-state index contributed by atoms with van der Waals surface area (Å²) in [5.41, 5.74) is -0.694. The Hall–Kier alpha value is -0.0100. The third kappa shape index (κ3) is 357000. The molecule has 1 atom stereocenters. The molecule has 0 aromatic carbocycles. The molecule has 0 saturated heterocycles. The number of alkyl halides is 1. The minimum Gasteiger partial charge on any atom is -0.378 e. The van der Waals surface area contributed by atoms with Gasteiger partial charge in [-0.15, -0.1) is 13.2 Å². The quantitative estimate of drug-likeness (QED) is 0.367. The molecule has 0 bridgehead atoms. The Labute approximate surface area is 43.2 Å². The predicted octanol–water partition coefficient (Wildman–Crippen LogP) is 1.37. The van der Waals surface area contributed by atoms with Crippen molar-refractivity contribution in [1.82, 2.24) is 0 Å². The molecular weight excluding hydrogens is 99.5 g/mol. The first-order valence-electron chi connectivity index (χ1n) is 1.55. The molecule has 1 nitrogen and oxygen atoms in total. The minimum atomic E-state index is -0.694. The molecule has 0 aliphatic carbocycles. The van der Waals surface area contributed by atoms with E-state index in [1.807, 2.05) is 0 Å². The average molecular weight is 109 g/mol. The highest BCUT2D eigenvalue weighted by Gasteiger charge is 1.72. The van der Waals surface area contributed by atoms with Crippen LogP contribution in [0.2, 0.25) is 0 Å². The van der Waals surface area contributed by atoms with Crippen LogP contribution in [0.25, 0.3) is 0 Å². The van der Waals surface area contributed by atoms with Crippen molar-refractivity contribution in [3.8, 4) is 0 Å². The first-order chi connectivity index (χ1) is 2.73. The van der Waals surface area contributed by atoms with Crippen molar-refractivity contribution in [2.75, 3.05) is 0 Å². The van der Waals surface area contributed by atoms with E-state index in [9.17, 15) is 0 Å². The van der Waals surface area contributed by atoms with Crippen molar-refractivity contribution in [1.29, 1.82) is 0 Å². The van der Waals surface area contributed by atoms with E-state index in [0.29, 0.717) is 0 Å². The van der Waals surface area contributed by atoms with Crippen LogP contribution in [0.4, 0.5) is 0 Å². The molecule has 1 unspecified atom stereocenters. The molecule has 0 radical (unpaired) electrons. The van der Waals surface area contributed by atoms with Gasteiger partial charge in [0.05, 0.1) is 0 Å². The summed E-state index contributed by atoms with van der Waals surface area (Å²) in [6.45, 7) is 7.49. The first kappa shape index (κ1) is 9.37.